The maximum Gasteiger partial charge on any atom is 0.228 e. The maximum atomic E-state index is 13.8. The van der Waals surface area contributed by atoms with E-state index in [1.54, 1.807) is 0 Å². The van der Waals surface area contributed by atoms with Gasteiger partial charge in [0, 0.05) is 31.0 Å². The van der Waals surface area contributed by atoms with Crippen LogP contribution >= 0.6 is 0 Å². The zero-order valence-electron chi connectivity index (χ0n) is 11.9. The quantitative estimate of drug-likeness (QED) is 0.879. The summed E-state index contributed by atoms with van der Waals surface area (Å²) in [6, 6.07) is 4.69. The van der Waals surface area contributed by atoms with Gasteiger partial charge in [0.2, 0.25) is 5.91 Å². The van der Waals surface area contributed by atoms with Gasteiger partial charge in [-0.1, -0.05) is 0 Å². The van der Waals surface area contributed by atoms with Crippen LogP contribution in [0.1, 0.15) is 6.42 Å². The summed E-state index contributed by atoms with van der Waals surface area (Å²) in [6.07, 6.45) is 0.831. The lowest BCUT2D eigenvalue weighted by Gasteiger charge is -2.29. The van der Waals surface area contributed by atoms with E-state index in [2.05, 4.69) is 15.5 Å². The molecule has 114 valence electrons. The highest BCUT2D eigenvalue weighted by atomic mass is 19.1. The normalized spacial score (nSPS) is 22.3. The van der Waals surface area contributed by atoms with Crippen LogP contribution in [-0.4, -0.2) is 45.3 Å². The van der Waals surface area contributed by atoms with Crippen molar-refractivity contribution in [1.82, 2.24) is 5.32 Å². The molecule has 1 atom stereocenters. The highest BCUT2D eigenvalue weighted by Gasteiger charge is 2.22. The van der Waals surface area contributed by atoms with E-state index < -0.39 is 0 Å². The summed E-state index contributed by atoms with van der Waals surface area (Å²) in [5.41, 5.74) is 1.31. The van der Waals surface area contributed by atoms with Gasteiger partial charge in [-0.2, -0.15) is 0 Å². The summed E-state index contributed by atoms with van der Waals surface area (Å²) in [7, 11) is 0. The summed E-state index contributed by atoms with van der Waals surface area (Å²) in [5.74, 6) is -0.405. The van der Waals surface area contributed by atoms with E-state index in [1.165, 1.54) is 12.1 Å². The Balaban J connectivity index is 1.72. The predicted octanol–water partition coefficient (Wildman–Crippen LogP) is 1.21. The molecule has 1 amide bonds. The molecule has 2 aliphatic rings. The third-order valence-electron chi connectivity index (χ3n) is 3.96. The van der Waals surface area contributed by atoms with Gasteiger partial charge in [-0.3, -0.25) is 4.79 Å². The Morgan fingerprint density at radius 2 is 2.14 bits per heavy atom. The van der Waals surface area contributed by atoms with Gasteiger partial charge in [-0.25, -0.2) is 4.39 Å². The first-order chi connectivity index (χ1) is 10.2. The number of halogens is 1. The third-order valence-corrected chi connectivity index (χ3v) is 3.96. The molecule has 0 bridgehead atoms. The Labute approximate surface area is 123 Å². The molecule has 3 rings (SSSR count). The van der Waals surface area contributed by atoms with Crippen LogP contribution < -0.4 is 15.5 Å². The number of morpholine rings is 1. The van der Waals surface area contributed by atoms with Crippen LogP contribution in [-0.2, 0) is 9.53 Å². The lowest BCUT2D eigenvalue weighted by atomic mass is 10.1. The lowest BCUT2D eigenvalue weighted by molar-refractivity contribution is -0.119. The van der Waals surface area contributed by atoms with E-state index in [1.807, 2.05) is 6.07 Å². The summed E-state index contributed by atoms with van der Waals surface area (Å²) >= 11 is 0. The number of hydrogen-bond donors (Lipinski definition) is 2. The van der Waals surface area contributed by atoms with Crippen molar-refractivity contribution < 1.29 is 13.9 Å². The molecule has 5 nitrogen and oxygen atoms in total. The molecule has 2 heterocycles. The van der Waals surface area contributed by atoms with Crippen LogP contribution in [0.5, 0.6) is 0 Å². The zero-order valence-corrected chi connectivity index (χ0v) is 11.9. The number of anilines is 2. The van der Waals surface area contributed by atoms with Crippen molar-refractivity contribution in [2.45, 2.75) is 6.42 Å². The van der Waals surface area contributed by atoms with Crippen molar-refractivity contribution in [3.05, 3.63) is 24.0 Å². The molecule has 1 aromatic rings. The highest BCUT2D eigenvalue weighted by Crippen LogP contribution is 2.23. The van der Waals surface area contributed by atoms with Crippen LogP contribution in [0.3, 0.4) is 0 Å². The number of carbonyl (C=O) groups excluding carboxylic acids is 1. The van der Waals surface area contributed by atoms with Crippen LogP contribution in [0, 0.1) is 11.7 Å². The number of ether oxygens (including phenoxy) is 1. The number of amides is 1. The van der Waals surface area contributed by atoms with E-state index in [9.17, 15) is 9.18 Å². The van der Waals surface area contributed by atoms with Gasteiger partial charge in [0.15, 0.2) is 0 Å². The molecule has 2 fully saturated rings. The molecule has 0 aliphatic carbocycles. The molecule has 0 radical (unpaired) electrons. The molecular formula is C15H20FN3O2. The van der Waals surface area contributed by atoms with Crippen LogP contribution in [0.15, 0.2) is 18.2 Å². The van der Waals surface area contributed by atoms with Crippen LogP contribution in [0.2, 0.25) is 0 Å². The predicted molar refractivity (Wildman–Crippen MR) is 79.0 cm³/mol. The average Bonchev–Trinajstić information content (AvgIpc) is 3.02. The van der Waals surface area contributed by atoms with Gasteiger partial charge < -0.3 is 20.3 Å². The van der Waals surface area contributed by atoms with Crippen molar-refractivity contribution in [2.75, 3.05) is 49.6 Å². The first-order valence-electron chi connectivity index (χ1n) is 7.37. The molecule has 2 aliphatic heterocycles. The van der Waals surface area contributed by atoms with Crippen molar-refractivity contribution in [3.8, 4) is 0 Å². The standard InChI is InChI=1S/C15H20FN3O2/c16-12-7-13(18-15(20)11-1-2-17-10-11)9-14(8-12)19-3-5-21-6-4-19/h7-9,11,17H,1-6,10H2,(H,18,20). The number of nitrogens with one attached hydrogen (secondary N) is 2. The largest absolute Gasteiger partial charge is 0.378 e. The summed E-state index contributed by atoms with van der Waals surface area (Å²) in [5, 5.41) is 5.98. The number of nitrogens with zero attached hydrogens (tertiary/aromatic N) is 1. The van der Waals surface area contributed by atoms with Gasteiger partial charge in [-0.15, -0.1) is 0 Å². The number of benzene rings is 1. The van der Waals surface area contributed by atoms with Gasteiger partial charge in [-0.05, 0) is 31.2 Å². The lowest BCUT2D eigenvalue weighted by Crippen LogP contribution is -2.36. The van der Waals surface area contributed by atoms with Gasteiger partial charge in [0.1, 0.15) is 5.82 Å². The fourth-order valence-electron chi connectivity index (χ4n) is 2.77. The minimum absolute atomic E-state index is 0.0277. The molecule has 0 aromatic heterocycles. The molecule has 6 heteroatoms. The Hall–Kier alpha value is -1.66. The Kier molecular flexibility index (Phi) is 4.36. The fourth-order valence-corrected chi connectivity index (χ4v) is 2.77. The Morgan fingerprint density at radius 1 is 1.33 bits per heavy atom. The van der Waals surface area contributed by atoms with E-state index in [0.29, 0.717) is 25.4 Å². The fraction of sp³-hybridized carbons (Fsp3) is 0.533. The number of carbonyl (C=O) groups is 1. The van der Waals surface area contributed by atoms with Crippen molar-refractivity contribution in [1.29, 1.82) is 0 Å². The number of rotatable bonds is 3. The topological polar surface area (TPSA) is 53.6 Å². The molecule has 21 heavy (non-hydrogen) atoms. The molecular weight excluding hydrogens is 273 g/mol. The van der Waals surface area contributed by atoms with Gasteiger partial charge >= 0.3 is 0 Å². The SMILES string of the molecule is O=C(Nc1cc(F)cc(N2CCOCC2)c1)C1CCNC1. The monoisotopic (exact) mass is 293 g/mol. The summed E-state index contributed by atoms with van der Waals surface area (Å²) in [4.78, 5) is 14.2. The second-order valence-electron chi connectivity index (χ2n) is 5.48. The molecule has 0 saturated carbocycles. The molecule has 0 spiro atoms. The third kappa shape index (κ3) is 3.51. The second kappa shape index (κ2) is 6.41. The molecule has 1 unspecified atom stereocenters. The maximum absolute atomic E-state index is 13.8. The van der Waals surface area contributed by atoms with E-state index in [0.717, 1.165) is 31.7 Å². The first kappa shape index (κ1) is 14.3. The minimum atomic E-state index is -0.334. The van der Waals surface area contributed by atoms with Crippen LogP contribution in [0.4, 0.5) is 15.8 Å². The summed E-state index contributed by atoms with van der Waals surface area (Å²) < 4.78 is 19.1. The molecule has 2 saturated heterocycles. The van der Waals surface area contributed by atoms with E-state index in [4.69, 9.17) is 4.74 Å². The first-order valence-corrected chi connectivity index (χ1v) is 7.37. The van der Waals surface area contributed by atoms with Gasteiger partial charge in [0.25, 0.3) is 0 Å². The summed E-state index contributed by atoms with van der Waals surface area (Å²) in [6.45, 7) is 4.32. The highest BCUT2D eigenvalue weighted by molar-refractivity contribution is 5.93. The minimum Gasteiger partial charge on any atom is -0.378 e. The Morgan fingerprint density at radius 3 is 2.86 bits per heavy atom. The van der Waals surface area contributed by atoms with Crippen molar-refractivity contribution in [3.63, 3.8) is 0 Å². The average molecular weight is 293 g/mol. The second-order valence-corrected chi connectivity index (χ2v) is 5.48. The van der Waals surface area contributed by atoms with Gasteiger partial charge in [0.05, 0.1) is 19.1 Å². The molecule has 1 aromatic carbocycles. The Bertz CT molecular complexity index is 512. The number of hydrogen-bond acceptors (Lipinski definition) is 4. The van der Waals surface area contributed by atoms with Crippen molar-refractivity contribution in [2.24, 2.45) is 5.92 Å². The zero-order chi connectivity index (χ0) is 14.7. The molecule has 2 N–H and O–H groups in total. The smallest absolute Gasteiger partial charge is 0.228 e. The van der Waals surface area contributed by atoms with E-state index in [-0.39, 0.29) is 17.6 Å². The van der Waals surface area contributed by atoms with Crippen LogP contribution in [0.25, 0.3) is 0 Å². The van der Waals surface area contributed by atoms with E-state index >= 15 is 0 Å². The van der Waals surface area contributed by atoms with Crippen molar-refractivity contribution >= 4 is 17.3 Å².